The van der Waals surface area contributed by atoms with Gasteiger partial charge < -0.3 is 14.9 Å². The van der Waals surface area contributed by atoms with E-state index in [1.807, 2.05) is 12.1 Å². The first-order valence-corrected chi connectivity index (χ1v) is 7.38. The van der Waals surface area contributed by atoms with E-state index in [4.69, 9.17) is 10.7 Å². The SMILES string of the molecule is CCn1cnnc1Cn1c(C2CC2)nc2cc(N)ccc21. The van der Waals surface area contributed by atoms with Crippen molar-refractivity contribution in [2.45, 2.75) is 38.8 Å². The molecular formula is C15H18N6. The average Bonchev–Trinajstić information content (AvgIpc) is 3.13. The van der Waals surface area contributed by atoms with Crippen LogP contribution in [0.25, 0.3) is 11.0 Å². The number of imidazole rings is 1. The number of fused-ring (bicyclic) bond motifs is 1. The van der Waals surface area contributed by atoms with Crippen LogP contribution in [0.5, 0.6) is 0 Å². The van der Waals surface area contributed by atoms with E-state index in [1.165, 1.54) is 12.8 Å². The predicted octanol–water partition coefficient (Wildman–Crippen LogP) is 2.16. The molecule has 6 nitrogen and oxygen atoms in total. The van der Waals surface area contributed by atoms with Crippen molar-refractivity contribution in [3.63, 3.8) is 0 Å². The Morgan fingerprint density at radius 3 is 2.95 bits per heavy atom. The van der Waals surface area contributed by atoms with Crippen molar-refractivity contribution in [3.05, 3.63) is 36.2 Å². The van der Waals surface area contributed by atoms with Crippen LogP contribution >= 0.6 is 0 Å². The Hall–Kier alpha value is -2.37. The molecule has 2 N–H and O–H groups in total. The molecule has 1 aliphatic carbocycles. The largest absolute Gasteiger partial charge is 0.399 e. The molecule has 108 valence electrons. The van der Waals surface area contributed by atoms with Gasteiger partial charge in [0.25, 0.3) is 0 Å². The lowest BCUT2D eigenvalue weighted by Gasteiger charge is -2.09. The van der Waals surface area contributed by atoms with Gasteiger partial charge in [-0.3, -0.25) is 0 Å². The van der Waals surface area contributed by atoms with E-state index in [1.54, 1.807) is 6.33 Å². The molecule has 0 spiro atoms. The molecule has 4 rings (SSSR count). The summed E-state index contributed by atoms with van der Waals surface area (Å²) in [4.78, 5) is 4.80. The van der Waals surface area contributed by atoms with Crippen LogP contribution in [0.2, 0.25) is 0 Å². The van der Waals surface area contributed by atoms with E-state index in [2.05, 4.69) is 32.3 Å². The van der Waals surface area contributed by atoms with Crippen LogP contribution in [-0.2, 0) is 13.1 Å². The summed E-state index contributed by atoms with van der Waals surface area (Å²) >= 11 is 0. The van der Waals surface area contributed by atoms with E-state index >= 15 is 0 Å². The van der Waals surface area contributed by atoms with Gasteiger partial charge in [-0.25, -0.2) is 4.98 Å². The second-order valence-corrected chi connectivity index (χ2v) is 5.61. The molecule has 0 aliphatic heterocycles. The maximum absolute atomic E-state index is 5.88. The van der Waals surface area contributed by atoms with Crippen molar-refractivity contribution in [2.24, 2.45) is 0 Å². The lowest BCUT2D eigenvalue weighted by Crippen LogP contribution is -2.10. The molecule has 0 unspecified atom stereocenters. The van der Waals surface area contributed by atoms with Crippen molar-refractivity contribution in [1.82, 2.24) is 24.3 Å². The van der Waals surface area contributed by atoms with E-state index < -0.39 is 0 Å². The Balaban J connectivity index is 1.84. The van der Waals surface area contributed by atoms with Crippen LogP contribution in [0.1, 0.15) is 37.3 Å². The smallest absolute Gasteiger partial charge is 0.152 e. The van der Waals surface area contributed by atoms with Gasteiger partial charge in [0.2, 0.25) is 0 Å². The van der Waals surface area contributed by atoms with Crippen LogP contribution in [-0.4, -0.2) is 24.3 Å². The molecule has 0 amide bonds. The number of nitrogens with zero attached hydrogens (tertiary/aromatic N) is 5. The molecule has 0 saturated heterocycles. The molecule has 0 radical (unpaired) electrons. The fourth-order valence-corrected chi connectivity index (χ4v) is 2.79. The summed E-state index contributed by atoms with van der Waals surface area (Å²) in [6.45, 7) is 3.68. The Kier molecular flexibility index (Phi) is 2.70. The van der Waals surface area contributed by atoms with E-state index in [-0.39, 0.29) is 0 Å². The van der Waals surface area contributed by atoms with Crippen LogP contribution in [0, 0.1) is 0 Å². The van der Waals surface area contributed by atoms with E-state index in [9.17, 15) is 0 Å². The van der Waals surface area contributed by atoms with Crippen molar-refractivity contribution in [3.8, 4) is 0 Å². The lowest BCUT2D eigenvalue weighted by atomic mass is 10.3. The minimum absolute atomic E-state index is 0.580. The van der Waals surface area contributed by atoms with Gasteiger partial charge in [0, 0.05) is 18.2 Å². The molecule has 6 heteroatoms. The first-order valence-electron chi connectivity index (χ1n) is 7.38. The maximum Gasteiger partial charge on any atom is 0.152 e. The minimum atomic E-state index is 0.580. The molecule has 2 aromatic heterocycles. The molecule has 1 saturated carbocycles. The van der Waals surface area contributed by atoms with E-state index in [0.717, 1.165) is 34.9 Å². The van der Waals surface area contributed by atoms with Gasteiger partial charge >= 0.3 is 0 Å². The number of aryl methyl sites for hydroxylation is 1. The highest BCUT2D eigenvalue weighted by atomic mass is 15.3. The second-order valence-electron chi connectivity index (χ2n) is 5.61. The van der Waals surface area contributed by atoms with Gasteiger partial charge in [-0.15, -0.1) is 10.2 Å². The first kappa shape index (κ1) is 12.4. The molecule has 1 fully saturated rings. The maximum atomic E-state index is 5.88. The zero-order chi connectivity index (χ0) is 14.4. The first-order chi connectivity index (χ1) is 10.3. The Bertz CT molecular complexity index is 796. The third-order valence-corrected chi connectivity index (χ3v) is 4.08. The third-order valence-electron chi connectivity index (χ3n) is 4.08. The highest BCUT2D eigenvalue weighted by Crippen LogP contribution is 2.41. The highest BCUT2D eigenvalue weighted by Gasteiger charge is 2.30. The number of nitrogens with two attached hydrogens (primary N) is 1. The predicted molar refractivity (Wildman–Crippen MR) is 80.9 cm³/mol. The Morgan fingerprint density at radius 2 is 2.19 bits per heavy atom. The average molecular weight is 282 g/mol. The van der Waals surface area contributed by atoms with E-state index in [0.29, 0.717) is 12.5 Å². The standard InChI is InChI=1S/C15H18N6/c1-2-20-9-17-19-14(20)8-21-13-6-5-11(16)7-12(13)18-15(21)10-3-4-10/h5-7,9-10H,2-4,8,16H2,1H3. The molecule has 3 aromatic rings. The molecule has 0 atom stereocenters. The fourth-order valence-electron chi connectivity index (χ4n) is 2.79. The summed E-state index contributed by atoms with van der Waals surface area (Å²) < 4.78 is 4.34. The highest BCUT2D eigenvalue weighted by molar-refractivity contribution is 5.80. The fraction of sp³-hybridized carbons (Fsp3) is 0.400. The lowest BCUT2D eigenvalue weighted by molar-refractivity contribution is 0.640. The number of hydrogen-bond donors (Lipinski definition) is 1. The molecule has 0 bridgehead atoms. The number of aromatic nitrogens is 5. The van der Waals surface area contributed by atoms with Crippen molar-refractivity contribution >= 4 is 16.7 Å². The van der Waals surface area contributed by atoms with Gasteiger partial charge in [-0.05, 0) is 38.0 Å². The zero-order valence-electron chi connectivity index (χ0n) is 12.0. The van der Waals surface area contributed by atoms with Crippen LogP contribution in [0.4, 0.5) is 5.69 Å². The van der Waals surface area contributed by atoms with Gasteiger partial charge in [-0.2, -0.15) is 0 Å². The number of rotatable bonds is 4. The van der Waals surface area contributed by atoms with Crippen molar-refractivity contribution in [2.75, 3.05) is 5.73 Å². The normalized spacial score (nSPS) is 14.9. The summed E-state index contributed by atoms with van der Waals surface area (Å²) in [7, 11) is 0. The second kappa shape index (κ2) is 4.58. The summed E-state index contributed by atoms with van der Waals surface area (Å²) in [5, 5.41) is 8.26. The quantitative estimate of drug-likeness (QED) is 0.744. The summed E-state index contributed by atoms with van der Waals surface area (Å²) in [5.74, 6) is 2.70. The number of anilines is 1. The molecule has 2 heterocycles. The summed E-state index contributed by atoms with van der Waals surface area (Å²) in [6.07, 6.45) is 4.22. The van der Waals surface area contributed by atoms with Crippen LogP contribution < -0.4 is 5.73 Å². The minimum Gasteiger partial charge on any atom is -0.399 e. The number of hydrogen-bond acceptors (Lipinski definition) is 4. The zero-order valence-corrected chi connectivity index (χ0v) is 12.0. The number of benzene rings is 1. The number of nitrogen functional groups attached to an aromatic ring is 1. The Labute approximate surface area is 122 Å². The third kappa shape index (κ3) is 2.07. The summed E-state index contributed by atoms with van der Waals surface area (Å²) in [6, 6.07) is 5.93. The molecule has 21 heavy (non-hydrogen) atoms. The summed E-state index contributed by atoms with van der Waals surface area (Å²) in [5.41, 5.74) is 8.73. The van der Waals surface area contributed by atoms with Crippen LogP contribution in [0.15, 0.2) is 24.5 Å². The molecular weight excluding hydrogens is 264 g/mol. The van der Waals surface area contributed by atoms with Gasteiger partial charge in [0.05, 0.1) is 17.6 Å². The topological polar surface area (TPSA) is 74.5 Å². The van der Waals surface area contributed by atoms with Gasteiger partial charge in [0.1, 0.15) is 12.2 Å². The molecule has 1 aromatic carbocycles. The van der Waals surface area contributed by atoms with Crippen molar-refractivity contribution in [1.29, 1.82) is 0 Å². The van der Waals surface area contributed by atoms with Crippen molar-refractivity contribution < 1.29 is 0 Å². The molecule has 1 aliphatic rings. The van der Waals surface area contributed by atoms with Crippen LogP contribution in [0.3, 0.4) is 0 Å². The Morgan fingerprint density at radius 1 is 1.33 bits per heavy atom. The van der Waals surface area contributed by atoms with Gasteiger partial charge in [-0.1, -0.05) is 0 Å². The van der Waals surface area contributed by atoms with Gasteiger partial charge in [0.15, 0.2) is 5.82 Å². The monoisotopic (exact) mass is 282 g/mol.